The average molecular weight is 255 g/mol. The fourth-order valence-corrected chi connectivity index (χ4v) is 1.91. The summed E-state index contributed by atoms with van der Waals surface area (Å²) in [5.41, 5.74) is 2.55. The van der Waals surface area contributed by atoms with Crippen LogP contribution in [0.3, 0.4) is 0 Å². The standard InChI is InChI=1S/C16H17NO2/c1-3-12-7-9-14(10-8-12)17(2)16(19)13-5-4-6-15(18)11-13/h4-11,18H,3H2,1-2H3. The van der Waals surface area contributed by atoms with Gasteiger partial charge in [0.25, 0.3) is 5.91 Å². The second-order valence-corrected chi connectivity index (χ2v) is 4.43. The molecule has 0 saturated carbocycles. The van der Waals surface area contributed by atoms with Crippen LogP contribution in [0.25, 0.3) is 0 Å². The molecule has 19 heavy (non-hydrogen) atoms. The molecular weight excluding hydrogens is 238 g/mol. The number of benzene rings is 2. The second kappa shape index (κ2) is 5.57. The van der Waals surface area contributed by atoms with Crippen LogP contribution >= 0.6 is 0 Å². The third kappa shape index (κ3) is 2.94. The predicted octanol–water partition coefficient (Wildman–Crippen LogP) is 3.23. The van der Waals surface area contributed by atoms with Gasteiger partial charge in [0, 0.05) is 18.3 Å². The van der Waals surface area contributed by atoms with Crippen LogP contribution in [0.2, 0.25) is 0 Å². The summed E-state index contributed by atoms with van der Waals surface area (Å²) in [5.74, 6) is -0.0410. The summed E-state index contributed by atoms with van der Waals surface area (Å²) in [6.07, 6.45) is 0.977. The number of amides is 1. The minimum Gasteiger partial charge on any atom is -0.508 e. The monoisotopic (exact) mass is 255 g/mol. The Labute approximate surface area is 113 Å². The van der Waals surface area contributed by atoms with Gasteiger partial charge < -0.3 is 10.0 Å². The van der Waals surface area contributed by atoms with Crippen LogP contribution in [0.15, 0.2) is 48.5 Å². The molecule has 0 spiro atoms. The minimum absolute atomic E-state index is 0.0978. The molecule has 2 aromatic rings. The first kappa shape index (κ1) is 13.1. The Kier molecular flexibility index (Phi) is 3.85. The summed E-state index contributed by atoms with van der Waals surface area (Å²) in [5, 5.41) is 9.41. The minimum atomic E-state index is -0.139. The van der Waals surface area contributed by atoms with E-state index < -0.39 is 0 Å². The number of rotatable bonds is 3. The number of phenols is 1. The van der Waals surface area contributed by atoms with E-state index in [1.165, 1.54) is 11.6 Å². The summed E-state index contributed by atoms with van der Waals surface area (Å²) in [6, 6.07) is 14.3. The van der Waals surface area contributed by atoms with E-state index in [1.54, 1.807) is 30.1 Å². The largest absolute Gasteiger partial charge is 0.508 e. The molecule has 0 fully saturated rings. The summed E-state index contributed by atoms with van der Waals surface area (Å²) < 4.78 is 0. The van der Waals surface area contributed by atoms with Crippen molar-refractivity contribution in [3.05, 3.63) is 59.7 Å². The maximum absolute atomic E-state index is 12.3. The van der Waals surface area contributed by atoms with Gasteiger partial charge in [0.15, 0.2) is 0 Å². The van der Waals surface area contributed by atoms with Gasteiger partial charge in [0.2, 0.25) is 0 Å². The zero-order valence-electron chi connectivity index (χ0n) is 11.1. The first-order valence-corrected chi connectivity index (χ1v) is 6.28. The van der Waals surface area contributed by atoms with Crippen LogP contribution in [-0.4, -0.2) is 18.1 Å². The molecule has 2 aromatic carbocycles. The summed E-state index contributed by atoms with van der Waals surface area (Å²) in [7, 11) is 1.73. The number of nitrogens with zero attached hydrogens (tertiary/aromatic N) is 1. The zero-order chi connectivity index (χ0) is 13.8. The van der Waals surface area contributed by atoms with Crippen molar-refractivity contribution in [3.63, 3.8) is 0 Å². The maximum atomic E-state index is 12.3. The molecule has 0 aliphatic carbocycles. The van der Waals surface area contributed by atoms with Gasteiger partial charge in [0.1, 0.15) is 5.75 Å². The first-order valence-electron chi connectivity index (χ1n) is 6.28. The van der Waals surface area contributed by atoms with Crippen molar-refractivity contribution in [1.29, 1.82) is 0 Å². The van der Waals surface area contributed by atoms with Crippen LogP contribution in [0.4, 0.5) is 5.69 Å². The van der Waals surface area contributed by atoms with E-state index in [1.807, 2.05) is 24.3 Å². The predicted molar refractivity (Wildman–Crippen MR) is 76.7 cm³/mol. The smallest absolute Gasteiger partial charge is 0.258 e. The van der Waals surface area contributed by atoms with Crippen LogP contribution in [-0.2, 0) is 6.42 Å². The zero-order valence-corrected chi connectivity index (χ0v) is 11.1. The lowest BCUT2D eigenvalue weighted by atomic mass is 10.1. The highest BCUT2D eigenvalue weighted by Crippen LogP contribution is 2.18. The molecule has 3 heteroatoms. The number of anilines is 1. The van der Waals surface area contributed by atoms with Gasteiger partial charge in [-0.15, -0.1) is 0 Å². The van der Waals surface area contributed by atoms with E-state index >= 15 is 0 Å². The number of carbonyl (C=O) groups excluding carboxylic acids is 1. The third-order valence-electron chi connectivity index (χ3n) is 3.13. The Balaban J connectivity index is 2.23. The van der Waals surface area contributed by atoms with Crippen LogP contribution in [0.5, 0.6) is 5.75 Å². The normalized spacial score (nSPS) is 10.2. The molecule has 0 saturated heterocycles. The molecular formula is C16H17NO2. The topological polar surface area (TPSA) is 40.5 Å². The van der Waals surface area contributed by atoms with Gasteiger partial charge in [-0.25, -0.2) is 0 Å². The molecule has 1 amide bonds. The summed E-state index contributed by atoms with van der Waals surface area (Å²) in [4.78, 5) is 13.8. The fraction of sp³-hybridized carbons (Fsp3) is 0.188. The van der Waals surface area contributed by atoms with E-state index in [0.717, 1.165) is 12.1 Å². The van der Waals surface area contributed by atoms with Crippen molar-refractivity contribution < 1.29 is 9.90 Å². The van der Waals surface area contributed by atoms with E-state index in [9.17, 15) is 9.90 Å². The van der Waals surface area contributed by atoms with Gasteiger partial charge in [-0.2, -0.15) is 0 Å². The van der Waals surface area contributed by atoms with Gasteiger partial charge in [-0.3, -0.25) is 4.79 Å². The fourth-order valence-electron chi connectivity index (χ4n) is 1.91. The SMILES string of the molecule is CCc1ccc(N(C)C(=O)c2cccc(O)c2)cc1. The highest BCUT2D eigenvalue weighted by Gasteiger charge is 2.13. The Morgan fingerprint density at radius 1 is 1.16 bits per heavy atom. The summed E-state index contributed by atoms with van der Waals surface area (Å²) >= 11 is 0. The highest BCUT2D eigenvalue weighted by atomic mass is 16.3. The van der Waals surface area contributed by atoms with E-state index in [4.69, 9.17) is 0 Å². The van der Waals surface area contributed by atoms with Crippen LogP contribution in [0.1, 0.15) is 22.8 Å². The van der Waals surface area contributed by atoms with Crippen molar-refractivity contribution in [2.45, 2.75) is 13.3 Å². The van der Waals surface area contributed by atoms with Gasteiger partial charge in [-0.1, -0.05) is 25.1 Å². The van der Waals surface area contributed by atoms with Gasteiger partial charge in [0.05, 0.1) is 0 Å². The Morgan fingerprint density at radius 2 is 1.84 bits per heavy atom. The molecule has 0 atom stereocenters. The number of hydrogen-bond acceptors (Lipinski definition) is 2. The number of aryl methyl sites for hydroxylation is 1. The molecule has 0 aliphatic rings. The van der Waals surface area contributed by atoms with Crippen LogP contribution in [0, 0.1) is 0 Å². The van der Waals surface area contributed by atoms with Crippen LogP contribution < -0.4 is 4.90 Å². The molecule has 0 heterocycles. The summed E-state index contributed by atoms with van der Waals surface area (Å²) in [6.45, 7) is 2.09. The average Bonchev–Trinajstić information content (AvgIpc) is 2.46. The number of hydrogen-bond donors (Lipinski definition) is 1. The molecule has 98 valence electrons. The maximum Gasteiger partial charge on any atom is 0.258 e. The second-order valence-electron chi connectivity index (χ2n) is 4.43. The van der Waals surface area contributed by atoms with Crippen molar-refractivity contribution in [2.24, 2.45) is 0 Å². The Bertz CT molecular complexity index is 576. The molecule has 2 rings (SSSR count). The Morgan fingerprint density at radius 3 is 2.42 bits per heavy atom. The van der Waals surface area contributed by atoms with Crippen molar-refractivity contribution in [3.8, 4) is 5.75 Å². The van der Waals surface area contributed by atoms with E-state index in [0.29, 0.717) is 5.56 Å². The molecule has 0 unspecified atom stereocenters. The molecule has 3 nitrogen and oxygen atoms in total. The molecule has 0 aliphatic heterocycles. The number of carbonyl (C=O) groups is 1. The number of phenolic OH excluding ortho intramolecular Hbond substituents is 1. The van der Waals surface area contributed by atoms with Gasteiger partial charge >= 0.3 is 0 Å². The van der Waals surface area contributed by atoms with E-state index in [-0.39, 0.29) is 11.7 Å². The molecule has 0 radical (unpaired) electrons. The van der Waals surface area contributed by atoms with Gasteiger partial charge in [-0.05, 0) is 42.3 Å². The quantitative estimate of drug-likeness (QED) is 0.914. The lowest BCUT2D eigenvalue weighted by molar-refractivity contribution is 0.0992. The lowest BCUT2D eigenvalue weighted by Crippen LogP contribution is -2.26. The molecule has 0 bridgehead atoms. The van der Waals surface area contributed by atoms with Crippen molar-refractivity contribution in [1.82, 2.24) is 0 Å². The third-order valence-corrected chi connectivity index (χ3v) is 3.13. The number of aromatic hydroxyl groups is 1. The Hall–Kier alpha value is -2.29. The molecule has 1 N–H and O–H groups in total. The van der Waals surface area contributed by atoms with Crippen molar-refractivity contribution in [2.75, 3.05) is 11.9 Å². The molecule has 0 aromatic heterocycles. The van der Waals surface area contributed by atoms with Crippen molar-refractivity contribution >= 4 is 11.6 Å². The first-order chi connectivity index (χ1) is 9.11. The lowest BCUT2D eigenvalue weighted by Gasteiger charge is -2.17. The highest BCUT2D eigenvalue weighted by molar-refractivity contribution is 6.05. The van der Waals surface area contributed by atoms with E-state index in [2.05, 4.69) is 6.92 Å².